The van der Waals surface area contributed by atoms with E-state index in [1.807, 2.05) is 0 Å². The van der Waals surface area contributed by atoms with Crippen LogP contribution in [0.15, 0.2) is 12.4 Å². The van der Waals surface area contributed by atoms with Gasteiger partial charge in [-0.3, -0.25) is 0 Å². The van der Waals surface area contributed by atoms with Crippen LogP contribution in [0.25, 0.3) is 0 Å². The van der Waals surface area contributed by atoms with E-state index in [-0.39, 0.29) is 0 Å². The van der Waals surface area contributed by atoms with E-state index in [1.165, 1.54) is 12.6 Å². The molecule has 7 nitrogen and oxygen atoms in total. The monoisotopic (exact) mass is 300 g/mol. The number of aromatic nitrogens is 2. The molecule has 0 unspecified atom stereocenters. The molecule has 1 aromatic rings. The molecule has 1 saturated heterocycles. The number of sulfonamides is 1. The number of piperidine rings is 1. The van der Waals surface area contributed by atoms with E-state index in [1.54, 1.807) is 17.5 Å². The summed E-state index contributed by atoms with van der Waals surface area (Å²) in [7, 11) is -1.54. The first-order chi connectivity index (χ1) is 9.49. The molecule has 2 rings (SSSR count). The Hall–Kier alpha value is -1.41. The Balaban J connectivity index is 1.90. The minimum atomic E-state index is -3.09. The summed E-state index contributed by atoms with van der Waals surface area (Å²) in [6.07, 6.45) is 4.61. The van der Waals surface area contributed by atoms with Gasteiger partial charge in [0, 0.05) is 25.7 Å². The summed E-state index contributed by atoms with van der Waals surface area (Å²) >= 11 is 0. The number of nitrogens with one attached hydrogen (secondary N) is 1. The van der Waals surface area contributed by atoms with Crippen LogP contribution in [0.3, 0.4) is 0 Å². The maximum atomic E-state index is 11.6. The molecule has 1 N–H and O–H groups in total. The van der Waals surface area contributed by atoms with Crippen molar-refractivity contribution < 1.29 is 13.2 Å². The van der Waals surface area contributed by atoms with Crippen molar-refractivity contribution >= 4 is 15.8 Å². The number of rotatable bonds is 5. The fourth-order valence-electron chi connectivity index (χ4n) is 2.29. The summed E-state index contributed by atoms with van der Waals surface area (Å²) < 4.78 is 29.7. The lowest BCUT2D eigenvalue weighted by Gasteiger charge is -2.31. The van der Waals surface area contributed by atoms with Gasteiger partial charge in [0.25, 0.3) is 0 Å². The van der Waals surface area contributed by atoms with Gasteiger partial charge in [-0.25, -0.2) is 22.7 Å². The van der Waals surface area contributed by atoms with E-state index in [4.69, 9.17) is 4.74 Å². The van der Waals surface area contributed by atoms with Gasteiger partial charge in [-0.05, 0) is 18.8 Å². The largest absolute Gasteiger partial charge is 0.481 e. The van der Waals surface area contributed by atoms with Crippen molar-refractivity contribution in [3.8, 4) is 5.88 Å². The molecule has 2 heterocycles. The van der Waals surface area contributed by atoms with Crippen LogP contribution in [0.1, 0.15) is 12.8 Å². The molecule has 112 valence electrons. The number of anilines is 1. The SMILES string of the molecule is COc1cc(NC[C@@H]2CCCN(S(C)(=O)=O)C2)ncn1. The van der Waals surface area contributed by atoms with Crippen molar-refractivity contribution in [2.24, 2.45) is 5.92 Å². The molecule has 1 aliphatic heterocycles. The Kier molecular flexibility index (Phi) is 4.77. The van der Waals surface area contributed by atoms with Gasteiger partial charge >= 0.3 is 0 Å². The minimum absolute atomic E-state index is 0.291. The van der Waals surface area contributed by atoms with E-state index >= 15 is 0 Å². The lowest BCUT2D eigenvalue weighted by atomic mass is 10.00. The van der Waals surface area contributed by atoms with Crippen molar-refractivity contribution in [2.75, 3.05) is 38.3 Å². The number of nitrogens with zero attached hydrogens (tertiary/aromatic N) is 3. The van der Waals surface area contributed by atoms with Gasteiger partial charge in [0.05, 0.1) is 13.4 Å². The van der Waals surface area contributed by atoms with Crippen molar-refractivity contribution in [3.63, 3.8) is 0 Å². The number of hydrogen-bond donors (Lipinski definition) is 1. The molecule has 1 aromatic heterocycles. The third kappa shape index (κ3) is 4.04. The summed E-state index contributed by atoms with van der Waals surface area (Å²) in [5.41, 5.74) is 0. The van der Waals surface area contributed by atoms with Gasteiger partial charge in [0.2, 0.25) is 15.9 Å². The second-order valence-electron chi connectivity index (χ2n) is 4.96. The van der Waals surface area contributed by atoms with Gasteiger partial charge in [-0.15, -0.1) is 0 Å². The highest BCUT2D eigenvalue weighted by atomic mass is 32.2. The maximum absolute atomic E-state index is 11.6. The van der Waals surface area contributed by atoms with E-state index in [0.29, 0.717) is 37.3 Å². The van der Waals surface area contributed by atoms with Crippen molar-refractivity contribution in [2.45, 2.75) is 12.8 Å². The van der Waals surface area contributed by atoms with E-state index in [2.05, 4.69) is 15.3 Å². The lowest BCUT2D eigenvalue weighted by Crippen LogP contribution is -2.41. The molecule has 0 aliphatic carbocycles. The van der Waals surface area contributed by atoms with Crippen LogP contribution in [0.4, 0.5) is 5.82 Å². The summed E-state index contributed by atoms with van der Waals surface area (Å²) in [6.45, 7) is 1.87. The molecule has 0 spiro atoms. The Morgan fingerprint density at radius 3 is 3.00 bits per heavy atom. The van der Waals surface area contributed by atoms with Crippen LogP contribution in [-0.2, 0) is 10.0 Å². The molecule has 1 fully saturated rings. The number of hydrogen-bond acceptors (Lipinski definition) is 6. The van der Waals surface area contributed by atoms with Gasteiger partial charge < -0.3 is 10.1 Å². The quantitative estimate of drug-likeness (QED) is 0.856. The molecule has 0 amide bonds. The van der Waals surface area contributed by atoms with E-state index in [9.17, 15) is 8.42 Å². The standard InChI is InChI=1S/C12H20N4O3S/c1-19-12-6-11(14-9-15-12)13-7-10-4-3-5-16(8-10)20(2,17)18/h6,9-10H,3-5,7-8H2,1-2H3,(H,13,14,15)/t10-/m0/s1. The highest BCUT2D eigenvalue weighted by molar-refractivity contribution is 7.88. The first-order valence-electron chi connectivity index (χ1n) is 6.54. The van der Waals surface area contributed by atoms with E-state index < -0.39 is 10.0 Å². The van der Waals surface area contributed by atoms with Gasteiger partial charge in [-0.1, -0.05) is 0 Å². The molecule has 0 bridgehead atoms. The smallest absolute Gasteiger partial charge is 0.218 e. The third-order valence-electron chi connectivity index (χ3n) is 3.37. The summed E-state index contributed by atoms with van der Waals surface area (Å²) in [5.74, 6) is 1.48. The number of ether oxygens (including phenoxy) is 1. The van der Waals surface area contributed by atoms with E-state index in [0.717, 1.165) is 12.8 Å². The second-order valence-corrected chi connectivity index (χ2v) is 6.94. The van der Waals surface area contributed by atoms with Crippen LogP contribution in [0.2, 0.25) is 0 Å². The van der Waals surface area contributed by atoms with Gasteiger partial charge in [-0.2, -0.15) is 0 Å². The Morgan fingerprint density at radius 1 is 1.50 bits per heavy atom. The first-order valence-corrected chi connectivity index (χ1v) is 8.39. The predicted molar refractivity (Wildman–Crippen MR) is 76.2 cm³/mol. The van der Waals surface area contributed by atoms with Crippen LogP contribution >= 0.6 is 0 Å². The summed E-state index contributed by atoms with van der Waals surface area (Å²) in [6, 6.07) is 1.72. The third-order valence-corrected chi connectivity index (χ3v) is 4.64. The van der Waals surface area contributed by atoms with Crippen molar-refractivity contribution in [1.82, 2.24) is 14.3 Å². The fourth-order valence-corrected chi connectivity index (χ4v) is 3.23. The topological polar surface area (TPSA) is 84.4 Å². The van der Waals surface area contributed by atoms with Gasteiger partial charge in [0.1, 0.15) is 12.1 Å². The van der Waals surface area contributed by atoms with Crippen LogP contribution in [-0.4, -0.2) is 55.7 Å². The Labute approximate surface area is 119 Å². The van der Waals surface area contributed by atoms with Crippen LogP contribution in [0.5, 0.6) is 5.88 Å². The molecular weight excluding hydrogens is 280 g/mol. The lowest BCUT2D eigenvalue weighted by molar-refractivity contribution is 0.276. The zero-order valence-corrected chi connectivity index (χ0v) is 12.6. The molecular formula is C12H20N4O3S. The fraction of sp³-hybridized carbons (Fsp3) is 0.667. The minimum Gasteiger partial charge on any atom is -0.481 e. The highest BCUT2D eigenvalue weighted by Gasteiger charge is 2.25. The van der Waals surface area contributed by atoms with Crippen molar-refractivity contribution in [1.29, 1.82) is 0 Å². The molecule has 1 atom stereocenters. The first kappa shape index (κ1) is 15.0. The molecule has 0 aromatic carbocycles. The number of methoxy groups -OCH3 is 1. The van der Waals surface area contributed by atoms with Gasteiger partial charge in [0.15, 0.2) is 0 Å². The van der Waals surface area contributed by atoms with Crippen LogP contribution < -0.4 is 10.1 Å². The second kappa shape index (κ2) is 6.36. The Bertz CT molecular complexity index is 549. The zero-order valence-electron chi connectivity index (χ0n) is 11.7. The molecule has 0 radical (unpaired) electrons. The summed E-state index contributed by atoms with van der Waals surface area (Å²) in [4.78, 5) is 8.04. The average molecular weight is 300 g/mol. The zero-order chi connectivity index (χ0) is 14.6. The highest BCUT2D eigenvalue weighted by Crippen LogP contribution is 2.19. The maximum Gasteiger partial charge on any atom is 0.218 e. The van der Waals surface area contributed by atoms with Crippen LogP contribution in [0, 0.1) is 5.92 Å². The molecule has 8 heteroatoms. The normalized spacial score (nSPS) is 20.6. The van der Waals surface area contributed by atoms with Crippen molar-refractivity contribution in [3.05, 3.63) is 12.4 Å². The average Bonchev–Trinajstić information content (AvgIpc) is 2.45. The Morgan fingerprint density at radius 2 is 2.30 bits per heavy atom. The molecule has 20 heavy (non-hydrogen) atoms. The summed E-state index contributed by atoms with van der Waals surface area (Å²) in [5, 5.41) is 3.21. The molecule has 0 saturated carbocycles. The molecule has 1 aliphatic rings. The predicted octanol–water partition coefficient (Wildman–Crippen LogP) is 0.569.